The van der Waals surface area contributed by atoms with Crippen LogP contribution in [0.4, 0.5) is 33.2 Å². The Morgan fingerprint density at radius 3 is 2.50 bits per heavy atom. The van der Waals surface area contributed by atoms with Crippen LogP contribution in [0, 0.1) is 5.82 Å². The minimum atomic E-state index is -3.55. The average molecular weight is 460 g/mol. The molecule has 10 nitrogen and oxygen atoms in total. The number of para-hydroxylation sites is 2. The van der Waals surface area contributed by atoms with E-state index < -0.39 is 21.7 Å². The number of methoxy groups -OCH3 is 1. The van der Waals surface area contributed by atoms with E-state index in [0.717, 1.165) is 12.5 Å². The molecule has 0 saturated heterocycles. The van der Waals surface area contributed by atoms with Gasteiger partial charge in [0.25, 0.3) is 0 Å². The highest BCUT2D eigenvalue weighted by atomic mass is 32.2. The van der Waals surface area contributed by atoms with Crippen molar-refractivity contribution < 1.29 is 22.3 Å². The molecule has 0 bridgehead atoms. The Labute approximate surface area is 184 Å². The van der Waals surface area contributed by atoms with Gasteiger partial charge in [-0.1, -0.05) is 18.2 Å². The van der Waals surface area contributed by atoms with Crippen molar-refractivity contribution in [2.75, 3.05) is 28.7 Å². The van der Waals surface area contributed by atoms with Crippen molar-refractivity contribution in [1.29, 1.82) is 0 Å². The number of hydrogen-bond donors (Lipinski definition) is 4. The van der Waals surface area contributed by atoms with Crippen LogP contribution in [-0.2, 0) is 21.4 Å². The molecule has 168 valence electrons. The number of benzene rings is 2. The first-order valence-corrected chi connectivity index (χ1v) is 11.1. The Hall–Kier alpha value is -3.77. The molecule has 32 heavy (non-hydrogen) atoms. The molecule has 5 N–H and O–H groups in total. The quantitative estimate of drug-likeness (QED) is 0.381. The maximum Gasteiger partial charge on any atom is 0.248 e. The fourth-order valence-corrected chi connectivity index (χ4v) is 3.35. The van der Waals surface area contributed by atoms with Crippen LogP contribution < -0.4 is 21.1 Å². The summed E-state index contributed by atoms with van der Waals surface area (Å²) in [7, 11) is -2.03. The number of carbonyl (C=O) groups is 1. The highest BCUT2D eigenvalue weighted by Crippen LogP contribution is 2.28. The molecule has 3 aromatic rings. The van der Waals surface area contributed by atoms with Gasteiger partial charge < -0.3 is 21.1 Å². The summed E-state index contributed by atoms with van der Waals surface area (Å²) in [5.74, 6) is -1.53. The lowest BCUT2D eigenvalue weighted by Crippen LogP contribution is -2.12. The Bertz CT molecular complexity index is 1250. The lowest BCUT2D eigenvalue weighted by Gasteiger charge is -2.15. The van der Waals surface area contributed by atoms with Gasteiger partial charge in [0.1, 0.15) is 0 Å². The van der Waals surface area contributed by atoms with E-state index in [1.807, 2.05) is 0 Å². The maximum atomic E-state index is 14.4. The van der Waals surface area contributed by atoms with Crippen molar-refractivity contribution in [3.8, 4) is 0 Å². The van der Waals surface area contributed by atoms with Crippen molar-refractivity contribution in [3.63, 3.8) is 0 Å². The van der Waals surface area contributed by atoms with Crippen LogP contribution in [0.1, 0.15) is 15.9 Å². The predicted octanol–water partition coefficient (Wildman–Crippen LogP) is 2.72. The van der Waals surface area contributed by atoms with Gasteiger partial charge in [-0.25, -0.2) is 17.8 Å². The fourth-order valence-electron chi connectivity index (χ4n) is 2.77. The van der Waals surface area contributed by atoms with Crippen LogP contribution in [0.15, 0.2) is 48.7 Å². The molecule has 0 saturated carbocycles. The largest absolute Gasteiger partial charge is 0.380 e. The lowest BCUT2D eigenvalue weighted by atomic mass is 10.1. The van der Waals surface area contributed by atoms with Gasteiger partial charge >= 0.3 is 0 Å². The lowest BCUT2D eigenvalue weighted by molar-refractivity contribution is 0.1000. The summed E-state index contributed by atoms with van der Waals surface area (Å²) in [4.78, 5) is 19.6. The van der Waals surface area contributed by atoms with E-state index in [0.29, 0.717) is 11.3 Å². The van der Waals surface area contributed by atoms with E-state index in [2.05, 4.69) is 25.3 Å². The number of aromatic nitrogens is 2. The van der Waals surface area contributed by atoms with Crippen molar-refractivity contribution in [2.24, 2.45) is 5.73 Å². The van der Waals surface area contributed by atoms with Crippen LogP contribution in [0.3, 0.4) is 0 Å². The first-order valence-electron chi connectivity index (χ1n) is 9.21. The average Bonchev–Trinajstić information content (AvgIpc) is 2.72. The van der Waals surface area contributed by atoms with E-state index in [-0.39, 0.29) is 35.3 Å². The molecule has 12 heteroatoms. The minimum absolute atomic E-state index is 0.0291. The summed E-state index contributed by atoms with van der Waals surface area (Å²) in [6.07, 6.45) is 1.97. The standard InChI is InChI=1S/C20H21FN6O4S/c1-31-11-13-8-7-12(18(22)28)9-17(13)25-20-23-10-14(21)19(26-20)24-15-5-3-4-6-16(15)27-32(2,29)30/h3-10,27H,11H2,1-2H3,(H2,22,28)(H2,23,24,25,26). The molecule has 3 rings (SSSR count). The number of primary amides is 1. The van der Waals surface area contributed by atoms with Gasteiger partial charge in [0, 0.05) is 23.9 Å². The number of anilines is 5. The zero-order chi connectivity index (χ0) is 23.3. The van der Waals surface area contributed by atoms with Crippen molar-refractivity contribution in [1.82, 2.24) is 9.97 Å². The van der Waals surface area contributed by atoms with Gasteiger partial charge in [-0.05, 0) is 24.3 Å². The second kappa shape index (κ2) is 9.58. The number of hydrogen-bond acceptors (Lipinski definition) is 8. The minimum Gasteiger partial charge on any atom is -0.380 e. The molecular weight excluding hydrogens is 439 g/mol. The number of sulfonamides is 1. The molecule has 0 aliphatic heterocycles. The zero-order valence-electron chi connectivity index (χ0n) is 17.2. The number of nitrogens with one attached hydrogen (secondary N) is 3. The maximum absolute atomic E-state index is 14.4. The van der Waals surface area contributed by atoms with Gasteiger partial charge in [-0.3, -0.25) is 9.52 Å². The Morgan fingerprint density at radius 2 is 1.84 bits per heavy atom. The third-order valence-electron chi connectivity index (χ3n) is 4.16. The van der Waals surface area contributed by atoms with Gasteiger partial charge in [0.2, 0.25) is 21.9 Å². The first kappa shape index (κ1) is 22.9. The third kappa shape index (κ3) is 5.89. The van der Waals surface area contributed by atoms with E-state index in [4.69, 9.17) is 10.5 Å². The summed E-state index contributed by atoms with van der Waals surface area (Å²) < 4.78 is 45.1. The fraction of sp³-hybridized carbons (Fsp3) is 0.150. The molecule has 1 amide bonds. The second-order valence-corrected chi connectivity index (χ2v) is 8.48. The summed E-state index contributed by atoms with van der Waals surface area (Å²) in [5, 5.41) is 5.70. The number of amides is 1. The van der Waals surface area contributed by atoms with Crippen LogP contribution in [0.5, 0.6) is 0 Å². The molecule has 2 aromatic carbocycles. The monoisotopic (exact) mass is 460 g/mol. The normalized spacial score (nSPS) is 11.1. The van der Waals surface area contributed by atoms with Gasteiger partial charge in [-0.2, -0.15) is 4.98 Å². The number of nitrogens with zero attached hydrogens (tertiary/aromatic N) is 2. The third-order valence-corrected chi connectivity index (χ3v) is 4.75. The zero-order valence-corrected chi connectivity index (χ0v) is 18.0. The van der Waals surface area contributed by atoms with Crippen molar-refractivity contribution >= 4 is 44.8 Å². The van der Waals surface area contributed by atoms with Crippen molar-refractivity contribution in [3.05, 3.63) is 65.6 Å². The predicted molar refractivity (Wildman–Crippen MR) is 119 cm³/mol. The second-order valence-electron chi connectivity index (χ2n) is 6.73. The topological polar surface area (TPSA) is 148 Å². The summed E-state index contributed by atoms with van der Waals surface area (Å²) in [6.45, 7) is 0.234. The van der Waals surface area contributed by atoms with Gasteiger partial charge in [0.15, 0.2) is 11.6 Å². The molecule has 0 radical (unpaired) electrons. The van der Waals surface area contributed by atoms with Crippen LogP contribution in [-0.4, -0.2) is 37.7 Å². The van der Waals surface area contributed by atoms with E-state index in [9.17, 15) is 17.6 Å². The van der Waals surface area contributed by atoms with E-state index in [1.165, 1.54) is 19.2 Å². The van der Waals surface area contributed by atoms with Crippen LogP contribution in [0.25, 0.3) is 0 Å². The summed E-state index contributed by atoms with van der Waals surface area (Å²) in [5.41, 5.74) is 7.27. The molecule has 0 fully saturated rings. The number of halogens is 1. The van der Waals surface area contributed by atoms with E-state index >= 15 is 0 Å². The van der Waals surface area contributed by atoms with Gasteiger partial charge in [0.05, 0.1) is 30.4 Å². The summed E-state index contributed by atoms with van der Waals surface area (Å²) >= 11 is 0. The summed E-state index contributed by atoms with van der Waals surface area (Å²) in [6, 6.07) is 11.1. The number of ether oxygens (including phenoxy) is 1. The molecule has 0 spiro atoms. The van der Waals surface area contributed by atoms with E-state index in [1.54, 1.807) is 30.3 Å². The molecule has 0 aliphatic carbocycles. The van der Waals surface area contributed by atoms with Gasteiger partial charge in [-0.15, -0.1) is 0 Å². The number of carbonyl (C=O) groups excluding carboxylic acids is 1. The highest BCUT2D eigenvalue weighted by Gasteiger charge is 2.14. The SMILES string of the molecule is COCc1ccc(C(N)=O)cc1Nc1ncc(F)c(Nc2ccccc2NS(C)(=O)=O)n1. The first-order chi connectivity index (χ1) is 15.2. The number of rotatable bonds is 9. The van der Waals surface area contributed by atoms with Crippen molar-refractivity contribution in [2.45, 2.75) is 6.61 Å². The number of nitrogens with two attached hydrogens (primary N) is 1. The Kier molecular flexibility index (Phi) is 6.85. The van der Waals surface area contributed by atoms with Crippen LogP contribution >= 0.6 is 0 Å². The molecule has 0 aliphatic rings. The Morgan fingerprint density at radius 1 is 1.12 bits per heavy atom. The molecule has 0 atom stereocenters. The highest BCUT2D eigenvalue weighted by molar-refractivity contribution is 7.92. The molecule has 1 aromatic heterocycles. The molecule has 0 unspecified atom stereocenters. The Balaban J connectivity index is 1.93. The molecular formula is C20H21FN6O4S. The van der Waals surface area contributed by atoms with Crippen LogP contribution in [0.2, 0.25) is 0 Å². The molecule has 1 heterocycles. The smallest absolute Gasteiger partial charge is 0.248 e.